The lowest BCUT2D eigenvalue weighted by atomic mass is 10.0. The van der Waals surface area contributed by atoms with Crippen LogP contribution in [0.1, 0.15) is 174 Å². The zero-order chi connectivity index (χ0) is 30.8. The molecule has 0 aromatic rings. The lowest BCUT2D eigenvalue weighted by molar-refractivity contribution is -0.150. The molecule has 0 spiro atoms. The minimum absolute atomic E-state index is 0.137. The first-order chi connectivity index (χ1) is 20.6. The normalized spacial score (nSPS) is 12.8. The van der Waals surface area contributed by atoms with E-state index in [4.69, 9.17) is 9.84 Å². The van der Waals surface area contributed by atoms with Crippen molar-refractivity contribution in [3.8, 4) is 0 Å². The molecule has 1 atom stereocenters. The maximum absolute atomic E-state index is 12.4. The molecule has 1 unspecified atom stereocenters. The summed E-state index contributed by atoms with van der Waals surface area (Å²) in [5, 5.41) is 8.98. The van der Waals surface area contributed by atoms with Gasteiger partial charge in [0, 0.05) is 12.8 Å². The SMILES string of the molecule is CCCCC/C=C\C/C=C\C/C=C\C/C=C\CCCC(=O)OC(CCCCCCCCCCCCC)CCCC(=O)O. The summed E-state index contributed by atoms with van der Waals surface area (Å²) >= 11 is 0. The molecule has 0 rings (SSSR count). The number of hydrogen-bond donors (Lipinski definition) is 1. The highest BCUT2D eigenvalue weighted by Crippen LogP contribution is 2.17. The van der Waals surface area contributed by atoms with Gasteiger partial charge in [0.2, 0.25) is 0 Å². The number of allylic oxidation sites excluding steroid dienone is 8. The molecule has 0 aliphatic carbocycles. The highest BCUT2D eigenvalue weighted by molar-refractivity contribution is 5.69. The molecule has 0 saturated carbocycles. The molecule has 0 amide bonds. The van der Waals surface area contributed by atoms with Crippen molar-refractivity contribution in [2.24, 2.45) is 0 Å². The van der Waals surface area contributed by atoms with E-state index in [1.165, 1.54) is 83.5 Å². The van der Waals surface area contributed by atoms with E-state index in [1.807, 2.05) is 0 Å². The van der Waals surface area contributed by atoms with Crippen molar-refractivity contribution in [3.05, 3.63) is 48.6 Å². The topological polar surface area (TPSA) is 63.6 Å². The molecule has 42 heavy (non-hydrogen) atoms. The summed E-state index contributed by atoms with van der Waals surface area (Å²) in [6.45, 7) is 4.49. The number of esters is 1. The van der Waals surface area contributed by atoms with Crippen LogP contribution in [0.3, 0.4) is 0 Å². The Bertz CT molecular complexity index is 719. The molecular weight excluding hydrogens is 520 g/mol. The summed E-state index contributed by atoms with van der Waals surface area (Å²) in [4.78, 5) is 23.4. The van der Waals surface area contributed by atoms with E-state index in [1.54, 1.807) is 0 Å². The molecule has 0 saturated heterocycles. The summed E-state index contributed by atoms with van der Waals surface area (Å²) in [5.74, 6) is -0.928. The van der Waals surface area contributed by atoms with E-state index in [0.29, 0.717) is 19.3 Å². The summed E-state index contributed by atoms with van der Waals surface area (Å²) in [7, 11) is 0. The van der Waals surface area contributed by atoms with Crippen LogP contribution in [0.5, 0.6) is 0 Å². The maximum Gasteiger partial charge on any atom is 0.306 e. The monoisotopic (exact) mass is 586 g/mol. The molecule has 0 radical (unpaired) electrons. The van der Waals surface area contributed by atoms with Crippen LogP contribution in [0.2, 0.25) is 0 Å². The van der Waals surface area contributed by atoms with Crippen molar-refractivity contribution in [1.82, 2.24) is 0 Å². The number of carboxylic acids is 1. The van der Waals surface area contributed by atoms with Crippen molar-refractivity contribution >= 4 is 11.9 Å². The van der Waals surface area contributed by atoms with Crippen LogP contribution in [-0.4, -0.2) is 23.1 Å². The number of unbranched alkanes of at least 4 members (excludes halogenated alkanes) is 14. The molecule has 0 aliphatic rings. The Morgan fingerprint density at radius 2 is 0.952 bits per heavy atom. The van der Waals surface area contributed by atoms with Crippen LogP contribution in [-0.2, 0) is 14.3 Å². The summed E-state index contributed by atoms with van der Waals surface area (Å²) in [6.07, 6.45) is 44.0. The van der Waals surface area contributed by atoms with E-state index < -0.39 is 5.97 Å². The summed E-state index contributed by atoms with van der Waals surface area (Å²) in [5.41, 5.74) is 0. The zero-order valence-corrected chi connectivity index (χ0v) is 27.5. The van der Waals surface area contributed by atoms with Gasteiger partial charge >= 0.3 is 11.9 Å². The molecular formula is C38H66O4. The van der Waals surface area contributed by atoms with Crippen molar-refractivity contribution in [3.63, 3.8) is 0 Å². The number of hydrogen-bond acceptors (Lipinski definition) is 3. The Labute approximate surface area is 260 Å². The first-order valence-corrected chi connectivity index (χ1v) is 17.6. The minimum atomic E-state index is -0.784. The third-order valence-corrected chi connectivity index (χ3v) is 7.55. The number of carbonyl (C=O) groups excluding carboxylic acids is 1. The van der Waals surface area contributed by atoms with Gasteiger partial charge in [-0.3, -0.25) is 9.59 Å². The second-order valence-electron chi connectivity index (χ2n) is 11.7. The number of ether oxygens (including phenoxy) is 1. The Hall–Kier alpha value is -2.10. The standard InChI is InChI=1S/C38H66O4/c1-3-5-7-9-11-13-15-16-17-18-19-20-22-24-26-28-30-35-38(41)42-36(33-31-34-37(39)40)32-29-27-25-23-21-14-12-10-8-6-4-2/h11,13,16-17,19-20,24,26,36H,3-10,12,14-15,18,21-23,25,27-35H2,1-2H3,(H,39,40)/b13-11-,17-16-,20-19-,26-24-. The van der Waals surface area contributed by atoms with Gasteiger partial charge in [-0.25, -0.2) is 0 Å². The van der Waals surface area contributed by atoms with Gasteiger partial charge < -0.3 is 9.84 Å². The smallest absolute Gasteiger partial charge is 0.306 e. The average molecular weight is 587 g/mol. The highest BCUT2D eigenvalue weighted by Gasteiger charge is 2.14. The van der Waals surface area contributed by atoms with Gasteiger partial charge in [-0.1, -0.05) is 140 Å². The average Bonchev–Trinajstić information content (AvgIpc) is 2.97. The molecule has 0 heterocycles. The van der Waals surface area contributed by atoms with Crippen LogP contribution in [0, 0.1) is 0 Å². The van der Waals surface area contributed by atoms with Gasteiger partial charge in [-0.2, -0.15) is 0 Å². The van der Waals surface area contributed by atoms with Gasteiger partial charge in [0.1, 0.15) is 6.10 Å². The van der Waals surface area contributed by atoms with Crippen LogP contribution in [0.4, 0.5) is 0 Å². The Kier molecular flexibility index (Phi) is 31.7. The minimum Gasteiger partial charge on any atom is -0.481 e. The molecule has 242 valence electrons. The fourth-order valence-corrected chi connectivity index (χ4v) is 4.95. The van der Waals surface area contributed by atoms with Crippen molar-refractivity contribution < 1.29 is 19.4 Å². The molecule has 0 bridgehead atoms. The van der Waals surface area contributed by atoms with Gasteiger partial charge in [0.25, 0.3) is 0 Å². The lowest BCUT2D eigenvalue weighted by Crippen LogP contribution is -2.18. The second-order valence-corrected chi connectivity index (χ2v) is 11.7. The summed E-state index contributed by atoms with van der Waals surface area (Å²) < 4.78 is 5.78. The molecule has 0 aliphatic heterocycles. The van der Waals surface area contributed by atoms with Gasteiger partial charge in [0.15, 0.2) is 0 Å². The summed E-state index contributed by atoms with van der Waals surface area (Å²) in [6, 6.07) is 0. The molecule has 0 aromatic heterocycles. The predicted molar refractivity (Wildman–Crippen MR) is 181 cm³/mol. The zero-order valence-electron chi connectivity index (χ0n) is 27.5. The first-order valence-electron chi connectivity index (χ1n) is 17.6. The molecule has 1 N–H and O–H groups in total. The fraction of sp³-hybridized carbons (Fsp3) is 0.737. The van der Waals surface area contributed by atoms with E-state index in [9.17, 15) is 9.59 Å². The van der Waals surface area contributed by atoms with Gasteiger partial charge in [0.05, 0.1) is 0 Å². The van der Waals surface area contributed by atoms with E-state index in [-0.39, 0.29) is 18.5 Å². The number of rotatable bonds is 31. The Morgan fingerprint density at radius 1 is 0.524 bits per heavy atom. The largest absolute Gasteiger partial charge is 0.481 e. The highest BCUT2D eigenvalue weighted by atomic mass is 16.5. The van der Waals surface area contributed by atoms with Crippen LogP contribution in [0.15, 0.2) is 48.6 Å². The number of aliphatic carboxylic acids is 1. The van der Waals surface area contributed by atoms with Gasteiger partial charge in [-0.05, 0) is 70.6 Å². The Balaban J connectivity index is 3.98. The molecule has 4 heteroatoms. The third kappa shape index (κ3) is 32.4. The third-order valence-electron chi connectivity index (χ3n) is 7.55. The quantitative estimate of drug-likeness (QED) is 0.0498. The van der Waals surface area contributed by atoms with Crippen molar-refractivity contribution in [1.29, 1.82) is 0 Å². The van der Waals surface area contributed by atoms with Crippen LogP contribution >= 0.6 is 0 Å². The Morgan fingerprint density at radius 3 is 1.48 bits per heavy atom. The predicted octanol–water partition coefficient (Wildman–Crippen LogP) is 12.0. The number of carbonyl (C=O) groups is 2. The van der Waals surface area contributed by atoms with Crippen LogP contribution in [0.25, 0.3) is 0 Å². The molecule has 0 aromatic carbocycles. The van der Waals surface area contributed by atoms with Crippen LogP contribution < -0.4 is 0 Å². The number of carboxylic acid groups (broad SMARTS) is 1. The molecule has 4 nitrogen and oxygen atoms in total. The second kappa shape index (κ2) is 33.4. The molecule has 0 fully saturated rings. The van der Waals surface area contributed by atoms with Gasteiger partial charge in [-0.15, -0.1) is 0 Å². The van der Waals surface area contributed by atoms with E-state index in [0.717, 1.165) is 51.4 Å². The van der Waals surface area contributed by atoms with Crippen molar-refractivity contribution in [2.75, 3.05) is 0 Å². The van der Waals surface area contributed by atoms with E-state index >= 15 is 0 Å². The first kappa shape index (κ1) is 39.9. The van der Waals surface area contributed by atoms with Crippen molar-refractivity contribution in [2.45, 2.75) is 180 Å². The van der Waals surface area contributed by atoms with E-state index in [2.05, 4.69) is 62.5 Å². The maximum atomic E-state index is 12.4. The lowest BCUT2D eigenvalue weighted by Gasteiger charge is -2.18. The fourth-order valence-electron chi connectivity index (χ4n) is 4.95.